The molecule has 0 bridgehead atoms. The summed E-state index contributed by atoms with van der Waals surface area (Å²) in [7, 11) is 0. The molecule has 68 valence electrons. The SMILES string of the molecule is CC1(C)C(=N)N(O)C(C)(C)[N+]1=O. The molecule has 0 saturated carbocycles. The van der Waals surface area contributed by atoms with Gasteiger partial charge >= 0.3 is 5.66 Å². The van der Waals surface area contributed by atoms with Gasteiger partial charge in [-0.05, 0) is 0 Å². The van der Waals surface area contributed by atoms with Crippen LogP contribution in [0.5, 0.6) is 0 Å². The van der Waals surface area contributed by atoms with Gasteiger partial charge in [0.1, 0.15) is 0 Å². The van der Waals surface area contributed by atoms with Crippen LogP contribution in [0.15, 0.2) is 0 Å². The standard InChI is InChI=1S/C7H14N3O2/c1-6(2)5(8)9(11)7(3,4)10(6)12/h8,11H,1-4H3/q+1. The maximum atomic E-state index is 11.5. The molecule has 0 radical (unpaired) electrons. The number of amidine groups is 1. The minimum absolute atomic E-state index is 0.0671. The zero-order chi connectivity index (χ0) is 9.73. The van der Waals surface area contributed by atoms with E-state index in [0.29, 0.717) is 5.06 Å². The molecule has 0 aromatic carbocycles. The first-order valence-electron chi connectivity index (χ1n) is 3.78. The van der Waals surface area contributed by atoms with E-state index >= 15 is 0 Å². The highest BCUT2D eigenvalue weighted by Gasteiger charge is 2.63. The van der Waals surface area contributed by atoms with Crippen molar-refractivity contribution in [2.45, 2.75) is 38.9 Å². The van der Waals surface area contributed by atoms with Gasteiger partial charge in [-0.15, -0.1) is 0 Å². The smallest absolute Gasteiger partial charge is 0.281 e. The Kier molecular flexibility index (Phi) is 1.55. The third-order valence-corrected chi connectivity index (χ3v) is 2.31. The predicted molar refractivity (Wildman–Crippen MR) is 43.1 cm³/mol. The maximum absolute atomic E-state index is 11.5. The van der Waals surface area contributed by atoms with Crippen LogP contribution >= 0.6 is 0 Å². The number of nitroso groups, excluding NO2 is 1. The Bertz CT molecular complexity index is 257. The Labute approximate surface area is 71.0 Å². The molecule has 1 heterocycles. The summed E-state index contributed by atoms with van der Waals surface area (Å²) in [4.78, 5) is 11.5. The zero-order valence-electron chi connectivity index (χ0n) is 7.75. The van der Waals surface area contributed by atoms with E-state index in [0.717, 1.165) is 4.76 Å². The summed E-state index contributed by atoms with van der Waals surface area (Å²) in [6, 6.07) is 0. The molecule has 0 aromatic heterocycles. The number of hydrogen-bond donors (Lipinski definition) is 2. The molecule has 1 rings (SSSR count). The fourth-order valence-corrected chi connectivity index (χ4v) is 1.40. The molecule has 5 heteroatoms. The Balaban J connectivity index is 3.21. The first-order chi connectivity index (χ1) is 5.22. The maximum Gasteiger partial charge on any atom is 0.304 e. The van der Waals surface area contributed by atoms with Gasteiger partial charge in [-0.2, -0.15) is 5.06 Å². The molecule has 0 aliphatic carbocycles. The lowest BCUT2D eigenvalue weighted by atomic mass is 10.1. The molecule has 5 nitrogen and oxygen atoms in total. The van der Waals surface area contributed by atoms with Crippen LogP contribution in [0.4, 0.5) is 0 Å². The van der Waals surface area contributed by atoms with Crippen LogP contribution in [0.3, 0.4) is 0 Å². The van der Waals surface area contributed by atoms with Gasteiger partial charge in [0.25, 0.3) is 5.54 Å². The fourth-order valence-electron chi connectivity index (χ4n) is 1.40. The zero-order valence-corrected chi connectivity index (χ0v) is 7.75. The highest BCUT2D eigenvalue weighted by molar-refractivity contribution is 5.87. The van der Waals surface area contributed by atoms with Gasteiger partial charge in [0.2, 0.25) is 5.84 Å². The van der Waals surface area contributed by atoms with Crippen LogP contribution < -0.4 is 0 Å². The molecule has 0 amide bonds. The van der Waals surface area contributed by atoms with Crippen LogP contribution in [0, 0.1) is 10.3 Å². The molecule has 1 fully saturated rings. The number of hydrogen-bond acceptors (Lipinski definition) is 3. The van der Waals surface area contributed by atoms with Crippen molar-refractivity contribution in [1.82, 2.24) is 5.06 Å². The molecule has 0 spiro atoms. The molecule has 1 saturated heterocycles. The number of hydroxylamine groups is 2. The minimum atomic E-state index is -1.04. The van der Waals surface area contributed by atoms with E-state index in [1.807, 2.05) is 0 Å². The van der Waals surface area contributed by atoms with Crippen molar-refractivity contribution in [1.29, 1.82) is 5.41 Å². The molecule has 0 unspecified atom stereocenters. The van der Waals surface area contributed by atoms with E-state index in [-0.39, 0.29) is 5.84 Å². The van der Waals surface area contributed by atoms with Gasteiger partial charge in [-0.25, -0.2) is 0 Å². The number of nitrogens with one attached hydrogen (secondary N) is 1. The largest absolute Gasteiger partial charge is 0.304 e. The first kappa shape index (κ1) is 9.12. The summed E-state index contributed by atoms with van der Waals surface area (Å²) in [5.41, 5.74) is -1.99. The van der Waals surface area contributed by atoms with Crippen molar-refractivity contribution in [2.24, 2.45) is 0 Å². The van der Waals surface area contributed by atoms with E-state index in [1.54, 1.807) is 27.7 Å². The van der Waals surface area contributed by atoms with Gasteiger partial charge in [0.15, 0.2) is 0 Å². The van der Waals surface area contributed by atoms with E-state index in [9.17, 15) is 10.1 Å². The van der Waals surface area contributed by atoms with Crippen molar-refractivity contribution in [3.05, 3.63) is 4.91 Å². The van der Waals surface area contributed by atoms with E-state index < -0.39 is 11.2 Å². The van der Waals surface area contributed by atoms with E-state index in [2.05, 4.69) is 0 Å². The molecule has 0 atom stereocenters. The summed E-state index contributed by atoms with van der Waals surface area (Å²) < 4.78 is 0.725. The van der Waals surface area contributed by atoms with Crippen LogP contribution in [0.1, 0.15) is 27.7 Å². The lowest BCUT2D eigenvalue weighted by Gasteiger charge is -2.15. The van der Waals surface area contributed by atoms with Gasteiger partial charge in [0.05, 0.1) is 0 Å². The predicted octanol–water partition coefficient (Wildman–Crippen LogP) is 0.962. The van der Waals surface area contributed by atoms with E-state index in [4.69, 9.17) is 5.41 Å². The second-order valence-corrected chi connectivity index (χ2v) is 4.01. The molecular formula is C7H14N3O2+. The average Bonchev–Trinajstić information content (AvgIpc) is 2.06. The molecule has 2 N–H and O–H groups in total. The quantitative estimate of drug-likeness (QED) is 0.535. The van der Waals surface area contributed by atoms with Crippen LogP contribution in [0.2, 0.25) is 0 Å². The third kappa shape index (κ3) is 0.797. The van der Waals surface area contributed by atoms with Crippen molar-refractivity contribution >= 4 is 5.84 Å². The summed E-state index contributed by atoms with van der Waals surface area (Å²) in [5, 5.41) is 17.6. The number of rotatable bonds is 0. The topological polar surface area (TPSA) is 67.4 Å². The van der Waals surface area contributed by atoms with Crippen molar-refractivity contribution in [2.75, 3.05) is 0 Å². The highest BCUT2D eigenvalue weighted by Crippen LogP contribution is 2.32. The van der Waals surface area contributed by atoms with Crippen LogP contribution in [-0.4, -0.2) is 32.1 Å². The Morgan fingerprint density at radius 1 is 1.42 bits per heavy atom. The van der Waals surface area contributed by atoms with Gasteiger partial charge in [-0.1, -0.05) is 0 Å². The lowest BCUT2D eigenvalue weighted by molar-refractivity contribution is -0.673. The van der Waals surface area contributed by atoms with Gasteiger partial charge in [0, 0.05) is 37.4 Å². The Morgan fingerprint density at radius 2 is 1.83 bits per heavy atom. The van der Waals surface area contributed by atoms with Crippen LogP contribution in [0.25, 0.3) is 0 Å². The second-order valence-electron chi connectivity index (χ2n) is 4.01. The van der Waals surface area contributed by atoms with Crippen molar-refractivity contribution in [3.8, 4) is 0 Å². The number of nitrogens with zero attached hydrogens (tertiary/aromatic N) is 2. The first-order valence-corrected chi connectivity index (χ1v) is 3.78. The summed E-state index contributed by atoms with van der Waals surface area (Å²) >= 11 is 0. The van der Waals surface area contributed by atoms with Gasteiger partial charge < -0.3 is 0 Å². The third-order valence-electron chi connectivity index (χ3n) is 2.31. The second kappa shape index (κ2) is 2.04. The van der Waals surface area contributed by atoms with Crippen LogP contribution in [-0.2, 0) is 0 Å². The highest BCUT2D eigenvalue weighted by atomic mass is 16.5. The molecule has 12 heavy (non-hydrogen) atoms. The fraction of sp³-hybridized carbons (Fsp3) is 0.857. The van der Waals surface area contributed by atoms with Crippen molar-refractivity contribution in [3.63, 3.8) is 0 Å². The van der Waals surface area contributed by atoms with Crippen molar-refractivity contribution < 1.29 is 9.97 Å². The molecule has 1 aliphatic rings. The lowest BCUT2D eigenvalue weighted by Crippen LogP contribution is -2.43. The molecule has 1 aliphatic heterocycles. The van der Waals surface area contributed by atoms with Gasteiger partial charge in [-0.3, -0.25) is 10.6 Å². The Morgan fingerprint density at radius 3 is 1.92 bits per heavy atom. The average molecular weight is 172 g/mol. The normalized spacial score (nSPS) is 26.6. The monoisotopic (exact) mass is 172 g/mol. The molecular weight excluding hydrogens is 158 g/mol. The molecule has 0 aromatic rings. The Hall–Kier alpha value is -0.970. The summed E-state index contributed by atoms with van der Waals surface area (Å²) in [5.74, 6) is -0.0671. The minimum Gasteiger partial charge on any atom is -0.281 e. The summed E-state index contributed by atoms with van der Waals surface area (Å²) in [6.45, 7) is 6.37. The summed E-state index contributed by atoms with van der Waals surface area (Å²) in [6.07, 6.45) is 0. The van der Waals surface area contributed by atoms with E-state index in [1.165, 1.54) is 0 Å².